The Labute approximate surface area is 214 Å². The number of alkyl halides is 1. The molecule has 0 radical (unpaired) electrons. The van der Waals surface area contributed by atoms with Crippen LogP contribution in [0.15, 0.2) is 77.7 Å². The van der Waals surface area contributed by atoms with Crippen molar-refractivity contribution in [1.82, 2.24) is 4.31 Å². The van der Waals surface area contributed by atoms with E-state index >= 15 is 0 Å². The Morgan fingerprint density at radius 2 is 1.65 bits per heavy atom. The molecule has 8 nitrogen and oxygen atoms in total. The molecule has 192 valence electrons. The Morgan fingerprint density at radius 1 is 0.919 bits per heavy atom. The highest BCUT2D eigenvalue weighted by Gasteiger charge is 2.40. The third-order valence-corrected chi connectivity index (χ3v) is 8.49. The summed E-state index contributed by atoms with van der Waals surface area (Å²) in [5.41, 5.74) is 1.11. The van der Waals surface area contributed by atoms with Crippen LogP contribution in [-0.4, -0.2) is 50.5 Å². The molecule has 37 heavy (non-hydrogen) atoms. The van der Waals surface area contributed by atoms with Crippen molar-refractivity contribution in [3.05, 3.63) is 83.9 Å². The number of hydrogen-bond donors (Lipinski definition) is 0. The van der Waals surface area contributed by atoms with Gasteiger partial charge in [0.15, 0.2) is 0 Å². The van der Waals surface area contributed by atoms with Crippen LogP contribution in [0.2, 0.25) is 0 Å². The minimum Gasteiger partial charge on any atom is -0.492 e. The van der Waals surface area contributed by atoms with Crippen molar-refractivity contribution < 1.29 is 31.9 Å². The molecule has 0 aromatic heterocycles. The van der Waals surface area contributed by atoms with Gasteiger partial charge in [-0.3, -0.25) is 9.59 Å². The van der Waals surface area contributed by atoms with Crippen LogP contribution in [-0.2, 0) is 21.4 Å². The fraction of sp³-hybridized carbons (Fsp3) is 0.259. The monoisotopic (exact) mass is 524 g/mol. The summed E-state index contributed by atoms with van der Waals surface area (Å²) in [6.45, 7) is -0.280. The first-order valence-electron chi connectivity index (χ1n) is 11.9. The van der Waals surface area contributed by atoms with Crippen molar-refractivity contribution in [2.24, 2.45) is 0 Å². The van der Waals surface area contributed by atoms with Gasteiger partial charge < -0.3 is 14.4 Å². The zero-order valence-electron chi connectivity index (χ0n) is 19.9. The van der Waals surface area contributed by atoms with Gasteiger partial charge in [0.1, 0.15) is 18.1 Å². The van der Waals surface area contributed by atoms with E-state index in [1.807, 2.05) is 30.3 Å². The Bertz CT molecular complexity index is 1410. The largest absolute Gasteiger partial charge is 0.492 e. The van der Waals surface area contributed by atoms with Crippen LogP contribution in [0.4, 0.5) is 10.1 Å². The number of sulfonamides is 1. The van der Waals surface area contributed by atoms with Crippen LogP contribution >= 0.6 is 0 Å². The van der Waals surface area contributed by atoms with Crippen molar-refractivity contribution in [2.75, 3.05) is 24.9 Å². The van der Waals surface area contributed by atoms with Gasteiger partial charge in [0.2, 0.25) is 16.9 Å². The summed E-state index contributed by atoms with van der Waals surface area (Å²) in [7, 11) is -3.91. The van der Waals surface area contributed by atoms with Gasteiger partial charge in [-0.15, -0.1) is 0 Å². The molecule has 5 rings (SSSR count). The van der Waals surface area contributed by atoms with Crippen LogP contribution in [0.5, 0.6) is 11.5 Å². The summed E-state index contributed by atoms with van der Waals surface area (Å²) < 4.78 is 51.4. The molecule has 0 N–H and O–H groups in total. The summed E-state index contributed by atoms with van der Waals surface area (Å²) >= 11 is 0. The summed E-state index contributed by atoms with van der Waals surface area (Å²) in [5, 5.41) is 0. The minimum atomic E-state index is -3.91. The lowest BCUT2D eigenvalue weighted by molar-refractivity contribution is -0.114. The molecule has 1 fully saturated rings. The van der Waals surface area contributed by atoms with Crippen molar-refractivity contribution in [3.8, 4) is 11.5 Å². The number of carbonyl (C=O) groups excluding carboxylic acids is 2. The minimum absolute atomic E-state index is 0.0337. The first-order valence-corrected chi connectivity index (χ1v) is 13.3. The number of rotatable bonds is 9. The zero-order valence-corrected chi connectivity index (χ0v) is 20.7. The Hall–Kier alpha value is -3.76. The molecule has 2 aliphatic heterocycles. The second-order valence-corrected chi connectivity index (χ2v) is 10.7. The molecule has 3 aromatic carbocycles. The van der Waals surface area contributed by atoms with Crippen LogP contribution in [0, 0.1) is 0 Å². The van der Waals surface area contributed by atoms with Gasteiger partial charge in [-0.1, -0.05) is 30.3 Å². The van der Waals surface area contributed by atoms with Gasteiger partial charge in [0.05, 0.1) is 28.7 Å². The number of halogens is 1. The normalized spacial score (nSPS) is 17.8. The molecular weight excluding hydrogens is 499 g/mol. The molecule has 1 atom stereocenters. The predicted octanol–water partition coefficient (Wildman–Crippen LogP) is 3.95. The number of carbonyl (C=O) groups is 2. The Morgan fingerprint density at radius 3 is 2.38 bits per heavy atom. The number of para-hydroxylation sites is 1. The molecule has 0 bridgehead atoms. The van der Waals surface area contributed by atoms with Crippen LogP contribution < -0.4 is 14.4 Å². The lowest BCUT2D eigenvalue weighted by atomic mass is 10.1. The van der Waals surface area contributed by atoms with E-state index in [9.17, 15) is 22.4 Å². The van der Waals surface area contributed by atoms with Crippen LogP contribution in [0.1, 0.15) is 28.8 Å². The van der Waals surface area contributed by atoms with Gasteiger partial charge in [-0.25, -0.2) is 12.8 Å². The number of amides is 1. The van der Waals surface area contributed by atoms with Gasteiger partial charge in [-0.2, -0.15) is 4.31 Å². The van der Waals surface area contributed by atoms with Crippen molar-refractivity contribution in [1.29, 1.82) is 0 Å². The third kappa shape index (κ3) is 4.94. The van der Waals surface area contributed by atoms with E-state index in [0.29, 0.717) is 42.1 Å². The smallest absolute Gasteiger partial charge is 0.299 e. The van der Waals surface area contributed by atoms with Gasteiger partial charge in [0.25, 0.3) is 11.7 Å². The maximum atomic E-state index is 13.5. The van der Waals surface area contributed by atoms with E-state index in [4.69, 9.17) is 9.47 Å². The number of hydrogen-bond acceptors (Lipinski definition) is 6. The van der Waals surface area contributed by atoms with Crippen molar-refractivity contribution in [2.45, 2.75) is 30.3 Å². The average molecular weight is 525 g/mol. The molecule has 0 saturated carbocycles. The number of ether oxygens (including phenoxy) is 2. The van der Waals surface area contributed by atoms with E-state index in [1.54, 1.807) is 24.3 Å². The predicted molar refractivity (Wildman–Crippen MR) is 134 cm³/mol. The van der Waals surface area contributed by atoms with E-state index in [2.05, 4.69) is 0 Å². The fourth-order valence-electron chi connectivity index (χ4n) is 4.67. The Balaban J connectivity index is 1.35. The lowest BCUT2D eigenvalue weighted by Crippen LogP contribution is -2.39. The third-order valence-electron chi connectivity index (χ3n) is 6.54. The number of nitrogens with zero attached hydrogens (tertiary/aromatic N) is 2. The second-order valence-electron chi connectivity index (χ2n) is 8.83. The fourth-order valence-corrected chi connectivity index (χ4v) is 6.38. The molecule has 10 heteroatoms. The van der Waals surface area contributed by atoms with Crippen molar-refractivity contribution >= 4 is 27.4 Å². The average Bonchev–Trinajstić information content (AvgIpc) is 3.49. The maximum absolute atomic E-state index is 13.5. The molecule has 2 aliphatic rings. The van der Waals surface area contributed by atoms with Gasteiger partial charge >= 0.3 is 0 Å². The maximum Gasteiger partial charge on any atom is 0.299 e. The lowest BCUT2D eigenvalue weighted by Gasteiger charge is -2.24. The van der Waals surface area contributed by atoms with Crippen LogP contribution in [0.25, 0.3) is 0 Å². The number of Topliss-reactive ketones (excluding diaryl/α,β-unsaturated/α-hetero) is 1. The van der Waals surface area contributed by atoms with Gasteiger partial charge in [-0.05, 0) is 60.9 Å². The molecule has 1 saturated heterocycles. The molecule has 0 aliphatic carbocycles. The molecule has 3 aromatic rings. The first-order chi connectivity index (χ1) is 17.9. The topological polar surface area (TPSA) is 93.2 Å². The highest BCUT2D eigenvalue weighted by atomic mass is 32.2. The van der Waals surface area contributed by atoms with E-state index in [-0.39, 0.29) is 29.7 Å². The standard InChI is InChI=1S/C27H25FN2O6S/c28-18-36-22-10-8-19(9-11-22)16-29-25-13-12-23(15-24(25)26(31)27(29)32)37(33,34)30-14-4-5-20(30)17-35-21-6-2-1-3-7-21/h1-3,6-13,15,20H,4-5,14,16-18H2/t20-/m0/s1. The summed E-state index contributed by atoms with van der Waals surface area (Å²) in [6, 6.07) is 19.6. The summed E-state index contributed by atoms with van der Waals surface area (Å²) in [4.78, 5) is 26.8. The number of benzene rings is 3. The van der Waals surface area contributed by atoms with E-state index in [1.165, 1.54) is 27.4 Å². The number of anilines is 1. The quantitative estimate of drug-likeness (QED) is 0.394. The first kappa shape index (κ1) is 24.9. The molecule has 0 unspecified atom stereocenters. The highest BCUT2D eigenvalue weighted by molar-refractivity contribution is 7.89. The summed E-state index contributed by atoms with van der Waals surface area (Å²) in [6.07, 6.45) is 1.37. The molecular formula is C27H25FN2O6S. The Kier molecular flexibility index (Phi) is 6.94. The molecule has 0 spiro atoms. The molecule has 2 heterocycles. The second kappa shape index (κ2) is 10.3. The van der Waals surface area contributed by atoms with E-state index in [0.717, 1.165) is 0 Å². The molecule has 1 amide bonds. The van der Waals surface area contributed by atoms with E-state index < -0.39 is 28.6 Å². The van der Waals surface area contributed by atoms with Crippen LogP contribution in [0.3, 0.4) is 0 Å². The highest BCUT2D eigenvalue weighted by Crippen LogP contribution is 2.35. The van der Waals surface area contributed by atoms with Crippen molar-refractivity contribution in [3.63, 3.8) is 0 Å². The number of ketones is 1. The summed E-state index contributed by atoms with van der Waals surface area (Å²) in [5.74, 6) is -0.475. The zero-order chi connectivity index (χ0) is 26.0. The SMILES string of the molecule is O=C1C(=O)N(Cc2ccc(OCF)cc2)c2ccc(S(=O)(=O)N3CCC[C@H]3COc3ccccc3)cc21. The number of fused-ring (bicyclic) bond motifs is 1. The van der Waals surface area contributed by atoms with Gasteiger partial charge in [0, 0.05) is 6.54 Å².